The van der Waals surface area contributed by atoms with E-state index < -0.39 is 17.9 Å². The molecule has 0 unspecified atom stereocenters. The lowest BCUT2D eigenvalue weighted by Gasteiger charge is -2.15. The lowest BCUT2D eigenvalue weighted by molar-refractivity contribution is -0.122. The molecule has 3 rings (SSSR count). The number of rotatable bonds is 4. The summed E-state index contributed by atoms with van der Waals surface area (Å²) < 4.78 is 18.2. The van der Waals surface area contributed by atoms with E-state index in [0.29, 0.717) is 18.5 Å². The van der Waals surface area contributed by atoms with E-state index >= 15 is 0 Å². The first-order valence-electron chi connectivity index (χ1n) is 8.02. The van der Waals surface area contributed by atoms with Crippen LogP contribution < -0.4 is 16.0 Å². The van der Waals surface area contributed by atoms with E-state index in [1.165, 1.54) is 12.1 Å². The topological polar surface area (TPSA) is 109 Å². The first kappa shape index (κ1) is 16.9. The highest BCUT2D eigenvalue weighted by atomic mass is 19.1. The van der Waals surface area contributed by atoms with Gasteiger partial charge in [0, 0.05) is 12.1 Å². The summed E-state index contributed by atoms with van der Waals surface area (Å²) in [6.45, 7) is 0.631. The fourth-order valence-electron chi connectivity index (χ4n) is 2.51. The molecule has 1 aliphatic heterocycles. The van der Waals surface area contributed by atoms with Gasteiger partial charge in [-0.15, -0.1) is 0 Å². The summed E-state index contributed by atoms with van der Waals surface area (Å²) >= 11 is 0. The van der Waals surface area contributed by atoms with Crippen molar-refractivity contribution >= 4 is 11.9 Å². The first-order valence-corrected chi connectivity index (χ1v) is 8.02. The highest BCUT2D eigenvalue weighted by molar-refractivity contribution is 5.87. The Balaban J connectivity index is 1.53. The Morgan fingerprint density at radius 2 is 2.28 bits per heavy atom. The Hall–Kier alpha value is -2.97. The number of benzene rings is 1. The molecule has 1 fully saturated rings. The predicted octanol–water partition coefficient (Wildman–Crippen LogP) is 1.34. The number of halogens is 1. The highest BCUT2D eigenvalue weighted by Crippen LogP contribution is 2.16. The number of carbonyl (C=O) groups is 2. The third kappa shape index (κ3) is 4.52. The molecular formula is C16H18FN5O3. The molecule has 1 aromatic carbocycles. The molecule has 2 aromatic rings. The molecule has 0 bridgehead atoms. The molecule has 1 atom stereocenters. The zero-order chi connectivity index (χ0) is 17.6. The quantitative estimate of drug-likeness (QED) is 0.773. The SMILES string of the molecule is O=C(NCc1nc(-c2cccc(F)c2)no1)N[C@H]1CCCCNC1=O. The molecule has 3 amide bonds. The third-order valence-corrected chi connectivity index (χ3v) is 3.79. The van der Waals surface area contributed by atoms with Crippen LogP contribution in [0.4, 0.5) is 9.18 Å². The van der Waals surface area contributed by atoms with E-state index in [0.717, 1.165) is 12.8 Å². The van der Waals surface area contributed by atoms with Gasteiger partial charge in [-0.05, 0) is 31.4 Å². The van der Waals surface area contributed by atoms with Crippen molar-refractivity contribution in [1.29, 1.82) is 0 Å². The molecule has 25 heavy (non-hydrogen) atoms. The first-order chi connectivity index (χ1) is 12.1. The number of hydrogen-bond acceptors (Lipinski definition) is 5. The van der Waals surface area contributed by atoms with Gasteiger partial charge in [0.25, 0.3) is 0 Å². The normalized spacial score (nSPS) is 17.5. The Kier molecular flexibility index (Phi) is 5.22. The smallest absolute Gasteiger partial charge is 0.315 e. The van der Waals surface area contributed by atoms with Gasteiger partial charge >= 0.3 is 6.03 Å². The van der Waals surface area contributed by atoms with E-state index in [4.69, 9.17) is 4.52 Å². The summed E-state index contributed by atoms with van der Waals surface area (Å²) in [4.78, 5) is 27.8. The largest absolute Gasteiger partial charge is 0.354 e. The summed E-state index contributed by atoms with van der Waals surface area (Å²) in [5, 5.41) is 11.7. The second-order valence-electron chi connectivity index (χ2n) is 5.69. The number of nitrogens with zero attached hydrogens (tertiary/aromatic N) is 2. The van der Waals surface area contributed by atoms with Crippen molar-refractivity contribution in [2.24, 2.45) is 0 Å². The van der Waals surface area contributed by atoms with Gasteiger partial charge in [0.2, 0.25) is 17.6 Å². The van der Waals surface area contributed by atoms with Gasteiger partial charge in [-0.3, -0.25) is 4.79 Å². The number of urea groups is 1. The maximum atomic E-state index is 13.2. The molecule has 0 aliphatic carbocycles. The molecular weight excluding hydrogens is 329 g/mol. The zero-order valence-corrected chi connectivity index (χ0v) is 13.4. The predicted molar refractivity (Wildman–Crippen MR) is 85.7 cm³/mol. The number of amides is 3. The summed E-state index contributed by atoms with van der Waals surface area (Å²) in [6.07, 6.45) is 2.37. The average molecular weight is 347 g/mol. The van der Waals surface area contributed by atoms with Gasteiger partial charge in [0.15, 0.2) is 0 Å². The Morgan fingerprint density at radius 1 is 1.40 bits per heavy atom. The molecule has 3 N–H and O–H groups in total. The van der Waals surface area contributed by atoms with E-state index in [2.05, 4.69) is 26.1 Å². The van der Waals surface area contributed by atoms with Crippen LogP contribution in [-0.4, -0.2) is 34.7 Å². The van der Waals surface area contributed by atoms with Crippen LogP contribution in [0.5, 0.6) is 0 Å². The minimum absolute atomic E-state index is 0.00247. The van der Waals surface area contributed by atoms with Crippen LogP contribution in [0.1, 0.15) is 25.2 Å². The lowest BCUT2D eigenvalue weighted by atomic mass is 10.1. The standard InChI is InChI=1S/C16H18FN5O3/c17-11-5-3-4-10(8-11)14-21-13(25-22-14)9-19-16(24)20-12-6-1-2-7-18-15(12)23/h3-5,8,12H,1-2,6-7,9H2,(H,18,23)(H2,19,20,24)/t12-/m0/s1. The number of hydrogen-bond donors (Lipinski definition) is 3. The van der Waals surface area contributed by atoms with Crippen LogP contribution in [0.3, 0.4) is 0 Å². The van der Waals surface area contributed by atoms with Crippen molar-refractivity contribution in [1.82, 2.24) is 26.1 Å². The molecule has 1 aliphatic rings. The van der Waals surface area contributed by atoms with Crippen LogP contribution in [0.2, 0.25) is 0 Å². The van der Waals surface area contributed by atoms with Gasteiger partial charge in [0.1, 0.15) is 11.9 Å². The maximum absolute atomic E-state index is 13.2. The minimum atomic E-state index is -0.548. The van der Waals surface area contributed by atoms with Crippen LogP contribution in [0.25, 0.3) is 11.4 Å². The fraction of sp³-hybridized carbons (Fsp3) is 0.375. The summed E-state index contributed by atoms with van der Waals surface area (Å²) in [5.74, 6) is -0.165. The summed E-state index contributed by atoms with van der Waals surface area (Å²) in [6, 6.07) is 4.77. The highest BCUT2D eigenvalue weighted by Gasteiger charge is 2.22. The van der Waals surface area contributed by atoms with E-state index in [1.54, 1.807) is 12.1 Å². The minimum Gasteiger partial charge on any atom is -0.354 e. The van der Waals surface area contributed by atoms with Crippen molar-refractivity contribution < 1.29 is 18.5 Å². The van der Waals surface area contributed by atoms with E-state index in [-0.39, 0.29) is 24.2 Å². The van der Waals surface area contributed by atoms with E-state index in [1.807, 2.05) is 0 Å². The van der Waals surface area contributed by atoms with Crippen molar-refractivity contribution in [2.75, 3.05) is 6.54 Å². The Morgan fingerprint density at radius 3 is 3.12 bits per heavy atom. The maximum Gasteiger partial charge on any atom is 0.315 e. The van der Waals surface area contributed by atoms with Crippen molar-refractivity contribution in [3.63, 3.8) is 0 Å². The molecule has 0 radical (unpaired) electrons. The van der Waals surface area contributed by atoms with Gasteiger partial charge in [0.05, 0.1) is 6.54 Å². The monoisotopic (exact) mass is 347 g/mol. The van der Waals surface area contributed by atoms with Crippen LogP contribution in [-0.2, 0) is 11.3 Å². The van der Waals surface area contributed by atoms with Crippen LogP contribution in [0.15, 0.2) is 28.8 Å². The summed E-state index contributed by atoms with van der Waals surface area (Å²) in [5.41, 5.74) is 0.481. The van der Waals surface area contributed by atoms with Crippen molar-refractivity contribution in [2.45, 2.75) is 31.8 Å². The molecule has 0 spiro atoms. The van der Waals surface area contributed by atoms with Gasteiger partial charge in [-0.2, -0.15) is 4.98 Å². The van der Waals surface area contributed by atoms with Gasteiger partial charge in [-0.25, -0.2) is 9.18 Å². The second kappa shape index (κ2) is 7.73. The molecule has 9 heteroatoms. The molecule has 1 saturated heterocycles. The number of carbonyl (C=O) groups excluding carboxylic acids is 2. The number of nitrogens with one attached hydrogen (secondary N) is 3. The van der Waals surface area contributed by atoms with E-state index in [9.17, 15) is 14.0 Å². The Bertz CT molecular complexity index is 764. The molecule has 1 aromatic heterocycles. The summed E-state index contributed by atoms with van der Waals surface area (Å²) in [7, 11) is 0. The van der Waals surface area contributed by atoms with Crippen LogP contribution in [0, 0.1) is 5.82 Å². The lowest BCUT2D eigenvalue weighted by Crippen LogP contribution is -2.48. The molecule has 0 saturated carbocycles. The fourth-order valence-corrected chi connectivity index (χ4v) is 2.51. The van der Waals surface area contributed by atoms with Gasteiger partial charge < -0.3 is 20.5 Å². The van der Waals surface area contributed by atoms with Crippen molar-refractivity contribution in [3.8, 4) is 11.4 Å². The zero-order valence-electron chi connectivity index (χ0n) is 13.4. The second-order valence-corrected chi connectivity index (χ2v) is 5.69. The molecule has 132 valence electrons. The number of aromatic nitrogens is 2. The Labute approximate surface area is 143 Å². The molecule has 2 heterocycles. The average Bonchev–Trinajstić information content (AvgIpc) is 2.99. The van der Waals surface area contributed by atoms with Gasteiger partial charge in [-0.1, -0.05) is 17.3 Å². The van der Waals surface area contributed by atoms with Crippen LogP contribution >= 0.6 is 0 Å². The van der Waals surface area contributed by atoms with Crippen molar-refractivity contribution in [3.05, 3.63) is 36.0 Å². The third-order valence-electron chi connectivity index (χ3n) is 3.79. The molecule has 8 nitrogen and oxygen atoms in total.